The maximum atomic E-state index is 12.8. The SMILES string of the molecule is COc1ccc(Cl)cc1NC(=O)CSc1nnc(C(C)Oc2ccc(C(C)C)cc2)n1-c1ccccc1. The lowest BCUT2D eigenvalue weighted by molar-refractivity contribution is -0.113. The Hall–Kier alpha value is -3.49. The standard InChI is InChI=1S/C28H29ClN4O3S/c1-18(2)20-10-13-23(14-11-20)36-19(3)27-31-32-28(33(27)22-8-6-5-7-9-22)37-17-26(34)30-24-16-21(29)12-15-25(24)35-4/h5-16,18-19H,17H2,1-4H3,(H,30,34). The molecule has 192 valence electrons. The van der Waals surface area contributed by atoms with E-state index in [0.717, 1.165) is 11.4 Å². The molecule has 1 unspecified atom stereocenters. The number of hydrogen-bond donors (Lipinski definition) is 1. The van der Waals surface area contributed by atoms with Crippen LogP contribution in [-0.2, 0) is 4.79 Å². The molecule has 0 bridgehead atoms. The molecule has 9 heteroatoms. The lowest BCUT2D eigenvalue weighted by atomic mass is 10.0. The fraction of sp³-hybridized carbons (Fsp3) is 0.250. The number of thioether (sulfide) groups is 1. The third-order valence-corrected chi connectivity index (χ3v) is 6.83. The van der Waals surface area contributed by atoms with Gasteiger partial charge in [-0.25, -0.2) is 0 Å². The molecule has 0 saturated carbocycles. The van der Waals surface area contributed by atoms with Gasteiger partial charge in [-0.3, -0.25) is 9.36 Å². The van der Waals surface area contributed by atoms with Crippen LogP contribution in [0.1, 0.15) is 44.2 Å². The average molecular weight is 537 g/mol. The average Bonchev–Trinajstić information content (AvgIpc) is 3.33. The van der Waals surface area contributed by atoms with Crippen molar-refractivity contribution in [1.82, 2.24) is 14.8 Å². The van der Waals surface area contributed by atoms with Gasteiger partial charge in [-0.05, 0) is 60.9 Å². The Morgan fingerprint density at radius 1 is 1.03 bits per heavy atom. The van der Waals surface area contributed by atoms with Gasteiger partial charge in [0, 0.05) is 10.7 Å². The van der Waals surface area contributed by atoms with Crippen LogP contribution in [0.3, 0.4) is 0 Å². The third kappa shape index (κ3) is 6.64. The first kappa shape index (κ1) is 26.6. The fourth-order valence-electron chi connectivity index (χ4n) is 3.74. The van der Waals surface area contributed by atoms with Crippen molar-refractivity contribution in [2.24, 2.45) is 0 Å². The number of carbonyl (C=O) groups is 1. The van der Waals surface area contributed by atoms with Crippen LogP contribution in [0.25, 0.3) is 5.69 Å². The summed E-state index contributed by atoms with van der Waals surface area (Å²) < 4.78 is 13.5. The van der Waals surface area contributed by atoms with E-state index in [9.17, 15) is 4.79 Å². The topological polar surface area (TPSA) is 78.3 Å². The summed E-state index contributed by atoms with van der Waals surface area (Å²) in [6.45, 7) is 6.25. The maximum Gasteiger partial charge on any atom is 0.234 e. The van der Waals surface area contributed by atoms with E-state index in [-0.39, 0.29) is 17.8 Å². The van der Waals surface area contributed by atoms with E-state index >= 15 is 0 Å². The van der Waals surface area contributed by atoms with Gasteiger partial charge in [0.15, 0.2) is 17.1 Å². The summed E-state index contributed by atoms with van der Waals surface area (Å²) in [5.41, 5.74) is 2.64. The molecular formula is C28H29ClN4O3S. The van der Waals surface area contributed by atoms with E-state index < -0.39 is 0 Å². The number of amides is 1. The maximum absolute atomic E-state index is 12.8. The van der Waals surface area contributed by atoms with Gasteiger partial charge in [-0.1, -0.05) is 67.5 Å². The van der Waals surface area contributed by atoms with Crippen molar-refractivity contribution in [1.29, 1.82) is 0 Å². The summed E-state index contributed by atoms with van der Waals surface area (Å²) in [5, 5.41) is 12.8. The van der Waals surface area contributed by atoms with Gasteiger partial charge >= 0.3 is 0 Å². The predicted molar refractivity (Wildman–Crippen MR) is 148 cm³/mol. The number of hydrogen-bond acceptors (Lipinski definition) is 6. The van der Waals surface area contributed by atoms with Crippen molar-refractivity contribution in [2.45, 2.75) is 37.9 Å². The number of rotatable bonds is 10. The summed E-state index contributed by atoms with van der Waals surface area (Å²) in [7, 11) is 1.54. The molecule has 0 fully saturated rings. The first-order valence-corrected chi connectivity index (χ1v) is 13.3. The van der Waals surface area contributed by atoms with E-state index in [1.165, 1.54) is 17.3 Å². The third-order valence-electron chi connectivity index (χ3n) is 5.66. The predicted octanol–water partition coefficient (Wildman–Crippen LogP) is 6.92. The van der Waals surface area contributed by atoms with Gasteiger partial charge in [0.2, 0.25) is 5.91 Å². The molecular weight excluding hydrogens is 508 g/mol. The number of carbonyl (C=O) groups excluding carboxylic acids is 1. The van der Waals surface area contributed by atoms with Crippen LogP contribution in [-0.4, -0.2) is 33.5 Å². The number of nitrogens with zero attached hydrogens (tertiary/aromatic N) is 3. The number of ether oxygens (including phenoxy) is 2. The number of benzene rings is 3. The molecule has 4 aromatic rings. The molecule has 7 nitrogen and oxygen atoms in total. The Labute approximate surface area is 226 Å². The summed E-state index contributed by atoms with van der Waals surface area (Å²) in [4.78, 5) is 12.8. The molecule has 1 aromatic heterocycles. The molecule has 0 saturated heterocycles. The van der Waals surface area contributed by atoms with Crippen molar-refractivity contribution in [3.05, 3.63) is 89.2 Å². The number of methoxy groups -OCH3 is 1. The molecule has 1 N–H and O–H groups in total. The highest BCUT2D eigenvalue weighted by atomic mass is 35.5. The normalized spacial score (nSPS) is 11.8. The molecule has 0 aliphatic carbocycles. The Morgan fingerprint density at radius 2 is 1.76 bits per heavy atom. The minimum absolute atomic E-state index is 0.118. The Morgan fingerprint density at radius 3 is 2.43 bits per heavy atom. The molecule has 3 aromatic carbocycles. The zero-order chi connectivity index (χ0) is 26.4. The van der Waals surface area contributed by atoms with Gasteiger partial charge in [0.05, 0.1) is 18.6 Å². The van der Waals surface area contributed by atoms with E-state index in [0.29, 0.717) is 33.4 Å². The summed E-state index contributed by atoms with van der Waals surface area (Å²) in [5.74, 6) is 2.27. The zero-order valence-electron chi connectivity index (χ0n) is 21.1. The summed E-state index contributed by atoms with van der Waals surface area (Å²) in [6.07, 6.45) is -0.378. The van der Waals surface area contributed by atoms with E-state index in [2.05, 4.69) is 41.5 Å². The van der Waals surface area contributed by atoms with Crippen molar-refractivity contribution in [2.75, 3.05) is 18.2 Å². The van der Waals surface area contributed by atoms with Crippen LogP contribution < -0.4 is 14.8 Å². The van der Waals surface area contributed by atoms with Crippen molar-refractivity contribution in [3.63, 3.8) is 0 Å². The molecule has 37 heavy (non-hydrogen) atoms. The monoisotopic (exact) mass is 536 g/mol. The first-order chi connectivity index (χ1) is 17.9. The van der Waals surface area contributed by atoms with Crippen LogP contribution in [0.4, 0.5) is 5.69 Å². The van der Waals surface area contributed by atoms with Gasteiger partial charge < -0.3 is 14.8 Å². The minimum atomic E-state index is -0.378. The van der Waals surface area contributed by atoms with Gasteiger partial charge in [-0.2, -0.15) is 0 Å². The smallest absolute Gasteiger partial charge is 0.234 e. The van der Waals surface area contributed by atoms with Crippen LogP contribution >= 0.6 is 23.4 Å². The highest BCUT2D eigenvalue weighted by molar-refractivity contribution is 7.99. The first-order valence-electron chi connectivity index (χ1n) is 11.9. The highest BCUT2D eigenvalue weighted by Gasteiger charge is 2.22. The number of aromatic nitrogens is 3. The van der Waals surface area contributed by atoms with Crippen LogP contribution in [0.2, 0.25) is 5.02 Å². The minimum Gasteiger partial charge on any atom is -0.495 e. The molecule has 1 atom stereocenters. The quantitative estimate of drug-likeness (QED) is 0.221. The molecule has 1 heterocycles. The molecule has 0 aliphatic heterocycles. The second kappa shape index (κ2) is 12.2. The second-order valence-corrected chi connectivity index (χ2v) is 10.1. The number of halogens is 1. The fourth-order valence-corrected chi connectivity index (χ4v) is 4.67. The van der Waals surface area contributed by atoms with Gasteiger partial charge in [0.25, 0.3) is 0 Å². The van der Waals surface area contributed by atoms with Crippen LogP contribution in [0.15, 0.2) is 78.0 Å². The van der Waals surface area contributed by atoms with Crippen molar-refractivity contribution in [3.8, 4) is 17.2 Å². The number of anilines is 1. The second-order valence-electron chi connectivity index (χ2n) is 8.68. The molecule has 0 radical (unpaired) electrons. The Bertz CT molecular complexity index is 1340. The Kier molecular flexibility index (Phi) is 8.74. The molecule has 0 spiro atoms. The molecule has 4 rings (SSSR count). The van der Waals surface area contributed by atoms with E-state index in [4.69, 9.17) is 21.1 Å². The highest BCUT2D eigenvalue weighted by Crippen LogP contribution is 2.30. The molecule has 1 amide bonds. The lowest BCUT2D eigenvalue weighted by Crippen LogP contribution is -2.16. The summed E-state index contributed by atoms with van der Waals surface area (Å²) >= 11 is 7.37. The zero-order valence-corrected chi connectivity index (χ0v) is 22.7. The summed E-state index contributed by atoms with van der Waals surface area (Å²) in [6, 6.07) is 22.9. The largest absolute Gasteiger partial charge is 0.495 e. The van der Waals surface area contributed by atoms with Crippen LogP contribution in [0.5, 0.6) is 11.5 Å². The van der Waals surface area contributed by atoms with Gasteiger partial charge in [0.1, 0.15) is 11.5 Å². The van der Waals surface area contributed by atoms with E-state index in [1.807, 2.05) is 54.0 Å². The van der Waals surface area contributed by atoms with Gasteiger partial charge in [-0.15, -0.1) is 10.2 Å². The molecule has 0 aliphatic rings. The lowest BCUT2D eigenvalue weighted by Gasteiger charge is -2.17. The van der Waals surface area contributed by atoms with E-state index in [1.54, 1.807) is 25.3 Å². The Balaban J connectivity index is 1.53. The van der Waals surface area contributed by atoms with Crippen molar-refractivity contribution < 1.29 is 14.3 Å². The van der Waals surface area contributed by atoms with Crippen molar-refractivity contribution >= 4 is 35.0 Å². The van der Waals surface area contributed by atoms with Crippen LogP contribution in [0, 0.1) is 0 Å². The number of para-hydroxylation sites is 1. The number of nitrogens with one attached hydrogen (secondary N) is 1.